The van der Waals surface area contributed by atoms with Gasteiger partial charge in [-0.05, 0) is 24.3 Å². The highest BCUT2D eigenvalue weighted by Crippen LogP contribution is 2.33. The Morgan fingerprint density at radius 1 is 1.17 bits per heavy atom. The summed E-state index contributed by atoms with van der Waals surface area (Å²) in [5.74, 6) is 0.351. The summed E-state index contributed by atoms with van der Waals surface area (Å²) in [6.07, 6.45) is 3.22. The van der Waals surface area contributed by atoms with Crippen LogP contribution >= 0.6 is 34.5 Å². The molecular weight excluding hydrogens is 442 g/mol. The molecule has 8 nitrogen and oxygen atoms in total. The first-order valence-corrected chi connectivity index (χ1v) is 10.7. The minimum Gasteiger partial charge on any atom is -0.329 e. The second-order valence-corrected chi connectivity index (χ2v) is 8.22. The number of H-pyrrole nitrogens is 1. The van der Waals surface area contributed by atoms with Crippen molar-refractivity contribution in [2.45, 2.75) is 0 Å². The van der Waals surface area contributed by atoms with Gasteiger partial charge < -0.3 is 10.6 Å². The Morgan fingerprint density at radius 3 is 2.97 bits per heavy atom. The topological polar surface area (TPSA) is 108 Å². The number of aromatic amines is 1. The van der Waals surface area contributed by atoms with Crippen LogP contribution in [-0.4, -0.2) is 30.4 Å². The number of nitrogens with one attached hydrogen (secondary N) is 3. The number of fused-ring (bicyclic) bond motifs is 1. The highest BCUT2D eigenvalue weighted by molar-refractivity contribution is 7.11. The monoisotopic (exact) mass is 453 g/mol. The van der Waals surface area contributed by atoms with Gasteiger partial charge >= 0.3 is 0 Å². The van der Waals surface area contributed by atoms with Crippen molar-refractivity contribution in [1.29, 1.82) is 0 Å². The zero-order valence-corrected chi connectivity index (χ0v) is 17.5. The molecule has 0 aliphatic carbocycles. The Morgan fingerprint density at radius 2 is 2.10 bits per heavy atom. The number of carbonyl (C=O) groups is 1. The van der Waals surface area contributed by atoms with Gasteiger partial charge in [0, 0.05) is 28.2 Å². The number of benzene rings is 2. The van der Waals surface area contributed by atoms with Crippen LogP contribution in [0.3, 0.4) is 0 Å². The number of thiazole rings is 1. The standard InChI is InChI=1S/C19H12ClN7OS2/c20-16-12-7-22-26-13(12)4-5-14(16)24-19-25-17(27-30-19)10-2-1-3-11(6-10)23-18(28)15-8-21-9-29-15/h1-9H,(H,22,26)(H,23,28)(H,24,25,27). The van der Waals surface area contributed by atoms with Crippen molar-refractivity contribution >= 4 is 67.8 Å². The van der Waals surface area contributed by atoms with E-state index in [1.807, 2.05) is 36.4 Å². The predicted molar refractivity (Wildman–Crippen MR) is 120 cm³/mol. The number of anilines is 3. The maximum Gasteiger partial charge on any atom is 0.267 e. The van der Waals surface area contributed by atoms with Crippen molar-refractivity contribution < 1.29 is 4.79 Å². The summed E-state index contributed by atoms with van der Waals surface area (Å²) in [4.78, 5) is 21.3. The van der Waals surface area contributed by atoms with Gasteiger partial charge in [-0.3, -0.25) is 14.9 Å². The lowest BCUT2D eigenvalue weighted by atomic mass is 10.2. The summed E-state index contributed by atoms with van der Waals surface area (Å²) in [7, 11) is 0. The molecule has 2 aromatic carbocycles. The Labute approximate surface area is 183 Å². The van der Waals surface area contributed by atoms with E-state index in [0.717, 1.165) is 22.2 Å². The number of carbonyl (C=O) groups excluding carboxylic acids is 1. The van der Waals surface area contributed by atoms with Crippen LogP contribution in [0, 0.1) is 0 Å². The smallest absolute Gasteiger partial charge is 0.267 e. The first-order chi connectivity index (χ1) is 14.7. The number of hydrogen-bond donors (Lipinski definition) is 3. The lowest BCUT2D eigenvalue weighted by Crippen LogP contribution is -2.10. The quantitative estimate of drug-likeness (QED) is 0.338. The zero-order chi connectivity index (χ0) is 20.5. The summed E-state index contributed by atoms with van der Waals surface area (Å²) >= 11 is 8.97. The van der Waals surface area contributed by atoms with Gasteiger partial charge in [0.05, 0.1) is 34.1 Å². The third-order valence-corrected chi connectivity index (χ3v) is 6.07. The normalized spacial score (nSPS) is 11.0. The average Bonchev–Trinajstić information content (AvgIpc) is 3.52. The number of aromatic nitrogens is 5. The summed E-state index contributed by atoms with van der Waals surface area (Å²) in [5, 5.41) is 14.9. The zero-order valence-electron chi connectivity index (χ0n) is 15.1. The molecule has 0 bridgehead atoms. The van der Waals surface area contributed by atoms with Crippen molar-refractivity contribution in [1.82, 2.24) is 24.5 Å². The largest absolute Gasteiger partial charge is 0.329 e. The van der Waals surface area contributed by atoms with Crippen LogP contribution in [0.2, 0.25) is 5.02 Å². The van der Waals surface area contributed by atoms with Crippen molar-refractivity contribution in [3.05, 3.63) is 64.2 Å². The van der Waals surface area contributed by atoms with Gasteiger partial charge in [-0.2, -0.15) is 14.5 Å². The number of amides is 1. The summed E-state index contributed by atoms with van der Waals surface area (Å²) < 4.78 is 4.42. The van der Waals surface area contributed by atoms with E-state index < -0.39 is 0 Å². The van der Waals surface area contributed by atoms with E-state index in [4.69, 9.17) is 11.6 Å². The Hall–Kier alpha value is -3.34. The van der Waals surface area contributed by atoms with E-state index in [9.17, 15) is 4.79 Å². The first-order valence-electron chi connectivity index (χ1n) is 8.70. The second-order valence-electron chi connectivity index (χ2n) is 6.21. The van der Waals surface area contributed by atoms with Crippen LogP contribution in [0.5, 0.6) is 0 Å². The molecule has 30 heavy (non-hydrogen) atoms. The minimum atomic E-state index is -0.201. The van der Waals surface area contributed by atoms with Gasteiger partial charge in [0.25, 0.3) is 5.91 Å². The first kappa shape index (κ1) is 18.7. The predicted octanol–water partition coefficient (Wildman–Crippen LogP) is 5.19. The Bertz CT molecular complexity index is 1350. The van der Waals surface area contributed by atoms with Crippen molar-refractivity contribution in [3.8, 4) is 11.4 Å². The van der Waals surface area contributed by atoms with Gasteiger partial charge in [0.15, 0.2) is 5.82 Å². The molecule has 0 saturated carbocycles. The van der Waals surface area contributed by atoms with Crippen LogP contribution in [0.15, 0.2) is 54.3 Å². The maximum absolute atomic E-state index is 12.2. The fourth-order valence-electron chi connectivity index (χ4n) is 2.84. The molecule has 148 valence electrons. The lowest BCUT2D eigenvalue weighted by Gasteiger charge is -2.05. The van der Waals surface area contributed by atoms with Crippen LogP contribution in [-0.2, 0) is 0 Å². The molecule has 0 atom stereocenters. The molecule has 5 aromatic rings. The molecule has 0 unspecified atom stereocenters. The average molecular weight is 454 g/mol. The minimum absolute atomic E-state index is 0.201. The molecule has 0 aliphatic rings. The maximum atomic E-state index is 12.2. The van der Waals surface area contributed by atoms with Gasteiger partial charge in [0.2, 0.25) is 5.13 Å². The van der Waals surface area contributed by atoms with Crippen molar-refractivity contribution in [3.63, 3.8) is 0 Å². The molecule has 0 radical (unpaired) electrons. The molecule has 0 spiro atoms. The molecule has 1 amide bonds. The van der Waals surface area contributed by atoms with E-state index in [0.29, 0.717) is 26.5 Å². The van der Waals surface area contributed by atoms with E-state index in [2.05, 4.69) is 35.2 Å². The molecule has 3 aromatic heterocycles. The van der Waals surface area contributed by atoms with E-state index in [1.54, 1.807) is 11.7 Å². The number of hydrogen-bond acceptors (Lipinski definition) is 8. The Kier molecular flexibility index (Phi) is 4.87. The van der Waals surface area contributed by atoms with Gasteiger partial charge in [-0.1, -0.05) is 23.7 Å². The van der Waals surface area contributed by atoms with E-state index >= 15 is 0 Å². The second kappa shape index (κ2) is 7.82. The van der Waals surface area contributed by atoms with Gasteiger partial charge in [-0.15, -0.1) is 11.3 Å². The van der Waals surface area contributed by atoms with Crippen LogP contribution in [0.25, 0.3) is 22.3 Å². The molecule has 0 fully saturated rings. The molecule has 0 aliphatic heterocycles. The summed E-state index contributed by atoms with van der Waals surface area (Å²) in [6, 6.07) is 11.1. The van der Waals surface area contributed by atoms with Crippen molar-refractivity contribution in [2.24, 2.45) is 0 Å². The molecule has 5 rings (SSSR count). The van der Waals surface area contributed by atoms with E-state index in [-0.39, 0.29) is 5.91 Å². The van der Waals surface area contributed by atoms with Gasteiger partial charge in [-0.25, -0.2) is 0 Å². The highest BCUT2D eigenvalue weighted by Gasteiger charge is 2.13. The summed E-state index contributed by atoms with van der Waals surface area (Å²) in [6.45, 7) is 0. The van der Waals surface area contributed by atoms with Crippen LogP contribution in [0.4, 0.5) is 16.5 Å². The van der Waals surface area contributed by atoms with Crippen LogP contribution in [0.1, 0.15) is 9.67 Å². The fourth-order valence-corrected chi connectivity index (χ4v) is 4.22. The molecule has 11 heteroatoms. The third-order valence-electron chi connectivity index (χ3n) is 4.26. The fraction of sp³-hybridized carbons (Fsp3) is 0. The van der Waals surface area contributed by atoms with E-state index in [1.165, 1.54) is 29.1 Å². The number of rotatable bonds is 5. The van der Waals surface area contributed by atoms with Crippen molar-refractivity contribution in [2.75, 3.05) is 10.6 Å². The van der Waals surface area contributed by atoms with Gasteiger partial charge in [0.1, 0.15) is 4.88 Å². The molecule has 3 heterocycles. The highest BCUT2D eigenvalue weighted by atomic mass is 35.5. The number of halogens is 1. The molecular formula is C19H12ClN7OS2. The SMILES string of the molecule is O=C(Nc1cccc(-c2nsc(Nc3ccc4[nH]ncc4c3Cl)n2)c1)c1cncs1. The molecule has 0 saturated heterocycles. The third kappa shape index (κ3) is 3.63. The lowest BCUT2D eigenvalue weighted by molar-refractivity contribution is 0.103. The molecule has 3 N–H and O–H groups in total. The van der Waals surface area contributed by atoms with Crippen LogP contribution < -0.4 is 10.6 Å². The number of nitrogens with zero attached hydrogens (tertiary/aromatic N) is 4. The Balaban J connectivity index is 1.36. The summed E-state index contributed by atoms with van der Waals surface area (Å²) in [5.41, 5.74) is 4.65.